The molecule has 0 aliphatic rings. The summed E-state index contributed by atoms with van der Waals surface area (Å²) in [6.07, 6.45) is 1.03. The van der Waals surface area contributed by atoms with Crippen molar-refractivity contribution in [3.8, 4) is 0 Å². The Labute approximate surface area is 88.9 Å². The number of benzene rings is 1. The molecule has 0 fully saturated rings. The van der Waals surface area contributed by atoms with Gasteiger partial charge in [0.25, 0.3) is 0 Å². The molecule has 0 radical (unpaired) electrons. The van der Waals surface area contributed by atoms with Crippen LogP contribution in [0.25, 0.3) is 10.2 Å². The first-order chi connectivity index (χ1) is 6.31. The van der Waals surface area contributed by atoms with Crippen molar-refractivity contribution < 1.29 is 0 Å². The van der Waals surface area contributed by atoms with Crippen LogP contribution in [0.1, 0.15) is 5.56 Å². The zero-order valence-corrected chi connectivity index (χ0v) is 9.36. The molecule has 0 saturated carbocycles. The number of aryl methyl sites for hydroxylation is 1. The van der Waals surface area contributed by atoms with Gasteiger partial charge in [-0.3, -0.25) is 0 Å². The second-order valence-corrected chi connectivity index (χ2v) is 4.58. The third-order valence-electron chi connectivity index (χ3n) is 1.88. The van der Waals surface area contributed by atoms with E-state index < -0.39 is 0 Å². The van der Waals surface area contributed by atoms with Gasteiger partial charge in [0.1, 0.15) is 0 Å². The molecule has 1 aromatic carbocycles. The van der Waals surface area contributed by atoms with Gasteiger partial charge < -0.3 is 5.73 Å². The number of thiazole rings is 1. The first kappa shape index (κ1) is 8.97. The Kier molecular flexibility index (Phi) is 2.51. The summed E-state index contributed by atoms with van der Waals surface area (Å²) >= 11 is 5.00. The van der Waals surface area contributed by atoms with Gasteiger partial charge in [0.05, 0.1) is 10.2 Å². The number of anilines is 1. The van der Waals surface area contributed by atoms with Crippen molar-refractivity contribution in [3.63, 3.8) is 0 Å². The highest BCUT2D eigenvalue weighted by molar-refractivity contribution is 9.09. The molecule has 2 aromatic rings. The molecule has 2 N–H and O–H groups in total. The Balaban J connectivity index is 2.60. The summed E-state index contributed by atoms with van der Waals surface area (Å²) in [5.74, 6) is 0. The van der Waals surface area contributed by atoms with Gasteiger partial charge in [-0.25, -0.2) is 4.98 Å². The topological polar surface area (TPSA) is 38.9 Å². The summed E-state index contributed by atoms with van der Waals surface area (Å²) in [7, 11) is 0. The van der Waals surface area contributed by atoms with E-state index in [1.807, 2.05) is 12.1 Å². The number of nitrogens with zero attached hydrogens (tertiary/aromatic N) is 1. The largest absolute Gasteiger partial charge is 0.375 e. The van der Waals surface area contributed by atoms with Crippen LogP contribution >= 0.6 is 27.3 Å². The Hall–Kier alpha value is -0.610. The van der Waals surface area contributed by atoms with Crippen molar-refractivity contribution in [2.75, 3.05) is 11.1 Å². The maximum atomic E-state index is 5.65. The van der Waals surface area contributed by atoms with Gasteiger partial charge in [0, 0.05) is 5.33 Å². The monoisotopic (exact) mass is 256 g/mol. The van der Waals surface area contributed by atoms with Gasteiger partial charge in [0.15, 0.2) is 5.13 Å². The van der Waals surface area contributed by atoms with E-state index in [9.17, 15) is 0 Å². The smallest absolute Gasteiger partial charge is 0.181 e. The summed E-state index contributed by atoms with van der Waals surface area (Å²) in [6.45, 7) is 0. The lowest BCUT2D eigenvalue weighted by molar-refractivity contribution is 1.19. The van der Waals surface area contributed by atoms with Gasteiger partial charge in [-0.2, -0.15) is 0 Å². The average molecular weight is 257 g/mol. The number of alkyl halides is 1. The molecule has 1 heterocycles. The second-order valence-electron chi connectivity index (χ2n) is 2.76. The number of hydrogen-bond donors (Lipinski definition) is 1. The molecular weight excluding hydrogens is 248 g/mol. The van der Waals surface area contributed by atoms with Crippen LogP contribution in [0, 0.1) is 0 Å². The highest BCUT2D eigenvalue weighted by Crippen LogP contribution is 2.27. The lowest BCUT2D eigenvalue weighted by Crippen LogP contribution is -1.84. The average Bonchev–Trinajstić information content (AvgIpc) is 2.47. The number of hydrogen-bond acceptors (Lipinski definition) is 3. The number of aromatic nitrogens is 1. The summed E-state index contributed by atoms with van der Waals surface area (Å²) in [4.78, 5) is 4.24. The number of halogens is 1. The Morgan fingerprint density at radius 2 is 2.31 bits per heavy atom. The molecule has 0 atom stereocenters. The molecule has 0 saturated heterocycles. The SMILES string of the molecule is Nc1nc2cccc(CCBr)c2s1. The molecule has 0 spiro atoms. The standard InChI is InChI=1S/C9H9BrN2S/c10-5-4-6-2-1-3-7-8(6)13-9(11)12-7/h1-3H,4-5H2,(H2,11,12). The molecule has 2 nitrogen and oxygen atoms in total. The predicted octanol–water partition coefficient (Wildman–Crippen LogP) is 2.82. The van der Waals surface area contributed by atoms with Crippen LogP contribution < -0.4 is 5.73 Å². The molecule has 0 amide bonds. The molecular formula is C9H9BrN2S. The van der Waals surface area contributed by atoms with Crippen molar-refractivity contribution in [3.05, 3.63) is 23.8 Å². The van der Waals surface area contributed by atoms with E-state index in [0.29, 0.717) is 5.13 Å². The minimum Gasteiger partial charge on any atom is -0.375 e. The molecule has 68 valence electrons. The Morgan fingerprint density at radius 3 is 3.08 bits per heavy atom. The van der Waals surface area contributed by atoms with Gasteiger partial charge in [-0.1, -0.05) is 39.4 Å². The lowest BCUT2D eigenvalue weighted by Gasteiger charge is -1.97. The number of nitrogens with two attached hydrogens (primary N) is 1. The summed E-state index contributed by atoms with van der Waals surface area (Å²) < 4.78 is 1.22. The van der Waals surface area contributed by atoms with Crippen molar-refractivity contribution in [2.24, 2.45) is 0 Å². The second kappa shape index (κ2) is 3.64. The van der Waals surface area contributed by atoms with Crippen LogP contribution in [0.4, 0.5) is 5.13 Å². The van der Waals surface area contributed by atoms with Crippen molar-refractivity contribution >= 4 is 42.6 Å². The van der Waals surface area contributed by atoms with Gasteiger partial charge in [-0.05, 0) is 18.1 Å². The number of fused-ring (bicyclic) bond motifs is 1. The molecule has 13 heavy (non-hydrogen) atoms. The van der Waals surface area contributed by atoms with Crippen molar-refractivity contribution in [1.29, 1.82) is 0 Å². The molecule has 4 heteroatoms. The fraction of sp³-hybridized carbons (Fsp3) is 0.222. The van der Waals surface area contributed by atoms with E-state index in [0.717, 1.165) is 17.3 Å². The molecule has 0 aliphatic heterocycles. The third kappa shape index (κ3) is 1.69. The number of rotatable bonds is 2. The minimum atomic E-state index is 0.650. The van der Waals surface area contributed by atoms with E-state index in [4.69, 9.17) is 5.73 Å². The minimum absolute atomic E-state index is 0.650. The Bertz CT molecular complexity index is 424. The molecule has 0 aliphatic carbocycles. The Morgan fingerprint density at radius 1 is 1.46 bits per heavy atom. The van der Waals surface area contributed by atoms with Crippen LogP contribution in [0.3, 0.4) is 0 Å². The maximum Gasteiger partial charge on any atom is 0.181 e. The number of nitrogen functional groups attached to an aromatic ring is 1. The summed E-state index contributed by atoms with van der Waals surface area (Å²) in [5, 5.41) is 1.63. The quantitative estimate of drug-likeness (QED) is 0.840. The summed E-state index contributed by atoms with van der Waals surface area (Å²) in [5.41, 5.74) is 7.99. The van der Waals surface area contributed by atoms with Gasteiger partial charge in [0.2, 0.25) is 0 Å². The van der Waals surface area contributed by atoms with Crippen LogP contribution in [-0.4, -0.2) is 10.3 Å². The zero-order valence-electron chi connectivity index (χ0n) is 6.96. The van der Waals surface area contributed by atoms with E-state index in [-0.39, 0.29) is 0 Å². The maximum absolute atomic E-state index is 5.65. The van der Waals surface area contributed by atoms with Gasteiger partial charge in [-0.15, -0.1) is 0 Å². The van der Waals surface area contributed by atoms with E-state index in [1.54, 1.807) is 11.3 Å². The first-order valence-electron chi connectivity index (χ1n) is 4.01. The van der Waals surface area contributed by atoms with E-state index in [1.165, 1.54) is 10.3 Å². The van der Waals surface area contributed by atoms with Crippen LogP contribution in [0.5, 0.6) is 0 Å². The van der Waals surface area contributed by atoms with Crippen LogP contribution in [0.15, 0.2) is 18.2 Å². The van der Waals surface area contributed by atoms with Crippen molar-refractivity contribution in [2.45, 2.75) is 6.42 Å². The van der Waals surface area contributed by atoms with Crippen molar-refractivity contribution in [1.82, 2.24) is 4.98 Å². The third-order valence-corrected chi connectivity index (χ3v) is 3.25. The van der Waals surface area contributed by atoms with Crippen LogP contribution in [0.2, 0.25) is 0 Å². The fourth-order valence-corrected chi connectivity index (χ4v) is 2.62. The molecule has 1 aromatic heterocycles. The van der Waals surface area contributed by atoms with Crippen LogP contribution in [-0.2, 0) is 6.42 Å². The zero-order chi connectivity index (χ0) is 9.26. The molecule has 0 unspecified atom stereocenters. The lowest BCUT2D eigenvalue weighted by atomic mass is 10.2. The fourth-order valence-electron chi connectivity index (χ4n) is 1.32. The van der Waals surface area contributed by atoms with E-state index >= 15 is 0 Å². The highest BCUT2D eigenvalue weighted by atomic mass is 79.9. The van der Waals surface area contributed by atoms with Gasteiger partial charge >= 0.3 is 0 Å². The molecule has 0 bridgehead atoms. The highest BCUT2D eigenvalue weighted by Gasteiger charge is 2.04. The van der Waals surface area contributed by atoms with E-state index in [2.05, 4.69) is 27.0 Å². The predicted molar refractivity (Wildman–Crippen MR) is 61.5 cm³/mol. The summed E-state index contributed by atoms with van der Waals surface area (Å²) in [6, 6.07) is 6.15. The first-order valence-corrected chi connectivity index (χ1v) is 5.95. The molecule has 2 rings (SSSR count). The normalized spacial score (nSPS) is 10.8.